The zero-order valence-corrected chi connectivity index (χ0v) is 23.5. The van der Waals surface area contributed by atoms with Gasteiger partial charge in [0.05, 0.1) is 24.5 Å². The first-order chi connectivity index (χ1) is 19.0. The number of ketones is 1. The summed E-state index contributed by atoms with van der Waals surface area (Å²) in [6.07, 6.45) is 1.73. The maximum Gasteiger partial charge on any atom is 0.338 e. The fraction of sp³-hybridized carbons (Fsp3) is 0.429. The monoisotopic (exact) mass is 569 g/mol. The summed E-state index contributed by atoms with van der Waals surface area (Å²) >= 11 is 0. The number of nitrogens with one attached hydrogen (secondary N) is 1. The number of likely N-dealkylation sites (tertiary alicyclic amines) is 1. The van der Waals surface area contributed by atoms with E-state index in [2.05, 4.69) is 4.90 Å². The van der Waals surface area contributed by atoms with Gasteiger partial charge in [-0.1, -0.05) is 24.3 Å². The average Bonchev–Trinajstić information content (AvgIpc) is 3.38. The van der Waals surface area contributed by atoms with Crippen LogP contribution in [0.4, 0.5) is 0 Å². The minimum absolute atomic E-state index is 0.0927. The Bertz CT molecular complexity index is 1370. The Balaban J connectivity index is 1.52. The molecule has 40 heavy (non-hydrogen) atoms. The summed E-state index contributed by atoms with van der Waals surface area (Å²) in [7, 11) is -3.28. The Morgan fingerprint density at radius 2 is 1.52 bits per heavy atom. The van der Waals surface area contributed by atoms with Crippen molar-refractivity contribution in [3.63, 3.8) is 0 Å². The normalized spacial score (nSPS) is 20.3. The van der Waals surface area contributed by atoms with E-state index in [1.165, 1.54) is 10.6 Å². The van der Waals surface area contributed by atoms with Crippen LogP contribution in [0.1, 0.15) is 45.2 Å². The molecule has 0 radical (unpaired) electrons. The maximum atomic E-state index is 13.6. The number of benzene rings is 2. The summed E-state index contributed by atoms with van der Waals surface area (Å²) in [6, 6.07) is 12.3. The molecule has 0 saturated carbocycles. The number of nitrogen functional groups attached to an aromatic ring is 1. The van der Waals surface area contributed by atoms with Gasteiger partial charge in [0.25, 0.3) is 5.91 Å². The molecule has 2 saturated heterocycles. The Kier molecular flexibility index (Phi) is 9.02. The zero-order chi connectivity index (χ0) is 29.0. The Hall–Kier alpha value is -3.61. The van der Waals surface area contributed by atoms with Gasteiger partial charge in [-0.05, 0) is 43.2 Å². The number of Topliss-reactive ketones (excluding diaryl/α,β-unsaturated/α-hetero) is 1. The third-order valence-corrected chi connectivity index (χ3v) is 8.76. The van der Waals surface area contributed by atoms with Crippen molar-refractivity contribution in [1.82, 2.24) is 14.1 Å². The van der Waals surface area contributed by atoms with Crippen molar-refractivity contribution in [2.75, 3.05) is 45.6 Å². The number of nitrogens with zero attached hydrogens (tertiary/aromatic N) is 3. The van der Waals surface area contributed by atoms with Gasteiger partial charge in [-0.25, -0.2) is 13.2 Å². The molecule has 0 aliphatic carbocycles. The van der Waals surface area contributed by atoms with Gasteiger partial charge in [0.2, 0.25) is 10.0 Å². The molecule has 2 aliphatic heterocycles. The molecular weight excluding hydrogens is 534 g/mol. The van der Waals surface area contributed by atoms with E-state index in [4.69, 9.17) is 15.9 Å². The van der Waals surface area contributed by atoms with Gasteiger partial charge in [-0.15, -0.1) is 0 Å². The molecule has 2 heterocycles. The van der Waals surface area contributed by atoms with E-state index in [0.717, 1.165) is 5.56 Å². The fourth-order valence-corrected chi connectivity index (χ4v) is 6.09. The second-order valence-electron chi connectivity index (χ2n) is 10.1. The number of carbonyl (C=O) groups excluding carboxylic acids is 3. The van der Waals surface area contributed by atoms with Gasteiger partial charge in [0.15, 0.2) is 5.78 Å². The summed E-state index contributed by atoms with van der Waals surface area (Å²) in [4.78, 5) is 42.9. The number of piperazine rings is 1. The lowest BCUT2D eigenvalue weighted by Gasteiger charge is -2.36. The molecular formula is C28H35N5O6S. The number of hydrogen-bond acceptors (Lipinski definition) is 8. The topological polar surface area (TPSA) is 154 Å². The number of hydrogen-bond donors (Lipinski definition) is 2. The van der Waals surface area contributed by atoms with Gasteiger partial charge in [0, 0.05) is 56.3 Å². The highest BCUT2D eigenvalue weighted by molar-refractivity contribution is 7.88. The number of nitrogens with two attached hydrogens (primary N) is 1. The van der Waals surface area contributed by atoms with Gasteiger partial charge in [-0.2, -0.15) is 4.31 Å². The van der Waals surface area contributed by atoms with Crippen LogP contribution in [-0.2, 0) is 26.0 Å². The molecule has 2 atom stereocenters. The van der Waals surface area contributed by atoms with Crippen molar-refractivity contribution in [2.24, 2.45) is 5.73 Å². The van der Waals surface area contributed by atoms with Crippen molar-refractivity contribution in [3.05, 3.63) is 70.8 Å². The minimum atomic E-state index is -3.28. The van der Waals surface area contributed by atoms with E-state index in [1.54, 1.807) is 60.4 Å². The molecule has 2 fully saturated rings. The zero-order valence-electron chi connectivity index (χ0n) is 22.7. The largest absolute Gasteiger partial charge is 0.462 e. The predicted octanol–water partition coefficient (Wildman–Crippen LogP) is 1.12. The average molecular weight is 570 g/mol. The van der Waals surface area contributed by atoms with E-state index in [0.29, 0.717) is 55.8 Å². The van der Waals surface area contributed by atoms with Gasteiger partial charge in [0.1, 0.15) is 5.84 Å². The molecule has 11 nitrogen and oxygen atoms in total. The molecule has 0 unspecified atom stereocenters. The molecule has 1 amide bonds. The summed E-state index contributed by atoms with van der Waals surface area (Å²) in [5, 5.41) is 7.59. The van der Waals surface area contributed by atoms with E-state index in [-0.39, 0.29) is 36.6 Å². The molecule has 0 bridgehead atoms. The van der Waals surface area contributed by atoms with Crippen LogP contribution in [0.5, 0.6) is 0 Å². The number of rotatable bonds is 9. The molecule has 214 valence electrons. The van der Waals surface area contributed by atoms with Crippen LogP contribution in [0, 0.1) is 5.41 Å². The highest BCUT2D eigenvalue weighted by Gasteiger charge is 2.42. The molecule has 3 N–H and O–H groups in total. The summed E-state index contributed by atoms with van der Waals surface area (Å²) in [6.45, 7) is 4.10. The van der Waals surface area contributed by atoms with Crippen LogP contribution in [0.2, 0.25) is 0 Å². The lowest BCUT2D eigenvalue weighted by atomic mass is 9.99. The number of esters is 1. The van der Waals surface area contributed by atoms with Crippen LogP contribution in [-0.4, -0.2) is 104 Å². The summed E-state index contributed by atoms with van der Waals surface area (Å²) in [5.74, 6) is -0.934. The van der Waals surface area contributed by atoms with Crippen LogP contribution in [0.25, 0.3) is 0 Å². The number of amides is 1. The fourth-order valence-electron chi connectivity index (χ4n) is 5.26. The van der Waals surface area contributed by atoms with Crippen molar-refractivity contribution in [1.29, 1.82) is 5.41 Å². The van der Waals surface area contributed by atoms with Crippen molar-refractivity contribution < 1.29 is 27.5 Å². The number of ether oxygens (including phenoxy) is 1. The molecule has 0 spiro atoms. The lowest BCUT2D eigenvalue weighted by Crippen LogP contribution is -2.52. The first-order valence-corrected chi connectivity index (χ1v) is 15.1. The molecule has 2 aromatic carbocycles. The quantitative estimate of drug-likeness (QED) is 0.259. The third-order valence-electron chi connectivity index (χ3n) is 7.46. The Morgan fingerprint density at radius 3 is 2.08 bits per heavy atom. The second kappa shape index (κ2) is 12.3. The van der Waals surface area contributed by atoms with Gasteiger partial charge < -0.3 is 15.4 Å². The number of carbonyl (C=O) groups is 3. The van der Waals surface area contributed by atoms with Crippen LogP contribution in [0.3, 0.4) is 0 Å². The molecule has 12 heteroatoms. The smallest absolute Gasteiger partial charge is 0.338 e. The molecule has 2 aliphatic rings. The van der Waals surface area contributed by atoms with Gasteiger partial charge in [-0.3, -0.25) is 19.9 Å². The predicted molar refractivity (Wildman–Crippen MR) is 150 cm³/mol. The Labute approximate surface area is 234 Å². The highest BCUT2D eigenvalue weighted by atomic mass is 32.2. The van der Waals surface area contributed by atoms with Crippen LogP contribution >= 0.6 is 0 Å². The van der Waals surface area contributed by atoms with Crippen molar-refractivity contribution in [2.45, 2.75) is 31.8 Å². The van der Waals surface area contributed by atoms with Crippen molar-refractivity contribution >= 4 is 33.5 Å². The van der Waals surface area contributed by atoms with E-state index >= 15 is 0 Å². The number of amidine groups is 1. The van der Waals surface area contributed by atoms with Crippen LogP contribution in [0.15, 0.2) is 48.5 Å². The van der Waals surface area contributed by atoms with E-state index in [1.807, 2.05) is 0 Å². The van der Waals surface area contributed by atoms with Gasteiger partial charge >= 0.3 is 5.97 Å². The maximum absolute atomic E-state index is 13.6. The van der Waals surface area contributed by atoms with E-state index in [9.17, 15) is 22.8 Å². The SMILES string of the molecule is CCOC(=O)c1ccc(CC(=O)[C@@H]2C[C@H](N3CCN(S(C)(=O)=O)CC3)CN2C(=O)c2ccc(C(=N)N)cc2)cc1. The van der Waals surface area contributed by atoms with Crippen molar-refractivity contribution in [3.8, 4) is 0 Å². The number of sulfonamides is 1. The first kappa shape index (κ1) is 29.4. The lowest BCUT2D eigenvalue weighted by molar-refractivity contribution is -0.122. The highest BCUT2D eigenvalue weighted by Crippen LogP contribution is 2.27. The molecule has 4 rings (SSSR count). The third kappa shape index (κ3) is 6.75. The Morgan fingerprint density at radius 1 is 0.950 bits per heavy atom. The molecule has 2 aromatic rings. The van der Waals surface area contributed by atoms with E-state index < -0.39 is 22.0 Å². The molecule has 0 aromatic heterocycles. The summed E-state index contributed by atoms with van der Waals surface area (Å²) < 4.78 is 30.4. The first-order valence-electron chi connectivity index (χ1n) is 13.2. The minimum Gasteiger partial charge on any atom is -0.462 e. The summed E-state index contributed by atoms with van der Waals surface area (Å²) in [5.41, 5.74) is 7.56. The second-order valence-corrected chi connectivity index (χ2v) is 12.1. The standard InChI is InChI=1S/C28H35N5O6S/c1-3-39-28(36)22-6-4-19(5-7-22)16-25(34)24-17-23(31-12-14-32(15-13-31)40(2,37)38)18-33(24)27(35)21-10-8-20(9-11-21)26(29)30/h4-11,23-24H,3,12-18H2,1-2H3,(H3,29,30)/t23-,24-/m0/s1. The van der Waals surface area contributed by atoms with Crippen LogP contribution < -0.4 is 5.73 Å².